The summed E-state index contributed by atoms with van der Waals surface area (Å²) in [5.74, 6) is -3.14. The van der Waals surface area contributed by atoms with Gasteiger partial charge >= 0.3 is 0 Å². The second kappa shape index (κ2) is 8.42. The van der Waals surface area contributed by atoms with Crippen LogP contribution in [-0.2, 0) is 16.9 Å². The second-order valence-corrected chi connectivity index (χ2v) is 10.5. The lowest BCUT2D eigenvalue weighted by atomic mass is 10.2. The number of amides is 1. The first-order valence-electron chi connectivity index (χ1n) is 9.99. The first-order valence-corrected chi connectivity index (χ1v) is 12.3. The van der Waals surface area contributed by atoms with Gasteiger partial charge in [-0.25, -0.2) is 17.2 Å². The van der Waals surface area contributed by atoms with Crippen LogP contribution in [-0.4, -0.2) is 49.1 Å². The molecule has 0 saturated carbocycles. The lowest BCUT2D eigenvalue weighted by Gasteiger charge is -2.18. The van der Waals surface area contributed by atoms with Crippen LogP contribution in [0.2, 0.25) is 5.02 Å². The van der Waals surface area contributed by atoms with Crippen molar-refractivity contribution >= 4 is 38.7 Å². The summed E-state index contributed by atoms with van der Waals surface area (Å²) in [5, 5.41) is 2.84. The molecule has 174 valence electrons. The number of carbonyl (C=O) groups is 1. The molecular formula is C22H21ClF2N4O3S. The third-order valence-corrected chi connectivity index (χ3v) is 6.68. The number of hydrogen-bond acceptors (Lipinski definition) is 5. The van der Waals surface area contributed by atoms with Gasteiger partial charge in [-0.15, -0.1) is 0 Å². The first kappa shape index (κ1) is 23.2. The Balaban J connectivity index is 1.53. The zero-order valence-corrected chi connectivity index (χ0v) is 19.4. The van der Waals surface area contributed by atoms with Gasteiger partial charge < -0.3 is 14.8 Å². The van der Waals surface area contributed by atoms with Crippen molar-refractivity contribution in [3.63, 3.8) is 0 Å². The van der Waals surface area contributed by atoms with Gasteiger partial charge in [-0.1, -0.05) is 11.6 Å². The quantitative estimate of drug-likeness (QED) is 0.573. The minimum Gasteiger partial charge on any atom is -0.364 e. The van der Waals surface area contributed by atoms with Crippen LogP contribution in [0.5, 0.6) is 0 Å². The number of benzene rings is 1. The minimum absolute atomic E-state index is 0.000828. The molecule has 1 aliphatic heterocycles. The van der Waals surface area contributed by atoms with Crippen molar-refractivity contribution in [2.45, 2.75) is 17.2 Å². The lowest BCUT2D eigenvalue weighted by Crippen LogP contribution is -2.24. The number of rotatable bonds is 5. The van der Waals surface area contributed by atoms with Crippen molar-refractivity contribution in [3.8, 4) is 11.4 Å². The number of nitrogens with one attached hydrogen (secondary N) is 1. The molecule has 0 radical (unpaired) electrons. The molecule has 1 amide bonds. The summed E-state index contributed by atoms with van der Waals surface area (Å²) in [7, 11) is -1.74. The molecule has 3 aromatic rings. The molecule has 1 saturated heterocycles. The second-order valence-electron chi connectivity index (χ2n) is 8.06. The first-order chi connectivity index (χ1) is 15.4. The Bertz CT molecular complexity index is 1320. The minimum atomic E-state index is -3.50. The maximum Gasteiger partial charge on any atom is 0.266 e. The van der Waals surface area contributed by atoms with E-state index in [-0.39, 0.29) is 35.1 Å². The van der Waals surface area contributed by atoms with E-state index in [0.29, 0.717) is 22.6 Å². The zero-order valence-electron chi connectivity index (χ0n) is 17.8. The predicted octanol–water partition coefficient (Wildman–Crippen LogP) is 4.24. The van der Waals surface area contributed by atoms with E-state index in [9.17, 15) is 22.0 Å². The summed E-state index contributed by atoms with van der Waals surface area (Å²) < 4.78 is 52.3. The fraction of sp³-hybridized carbons (Fsp3) is 0.273. The molecule has 2 aromatic heterocycles. The van der Waals surface area contributed by atoms with Gasteiger partial charge in [0, 0.05) is 43.2 Å². The Morgan fingerprint density at radius 3 is 2.58 bits per heavy atom. The Labute approximate surface area is 194 Å². The summed E-state index contributed by atoms with van der Waals surface area (Å²) in [4.78, 5) is 18.7. The lowest BCUT2D eigenvalue weighted by molar-refractivity contribution is 0.0257. The van der Waals surface area contributed by atoms with Gasteiger partial charge in [0.2, 0.25) is 0 Å². The molecule has 33 heavy (non-hydrogen) atoms. The maximum atomic E-state index is 13.5. The number of carbonyl (C=O) groups excluding carboxylic acids is 1. The molecule has 1 aromatic carbocycles. The molecule has 7 nitrogen and oxygen atoms in total. The molecule has 4 rings (SSSR count). The van der Waals surface area contributed by atoms with Crippen molar-refractivity contribution in [3.05, 3.63) is 59.4 Å². The largest absolute Gasteiger partial charge is 0.364 e. The fourth-order valence-electron chi connectivity index (χ4n) is 3.68. The van der Waals surface area contributed by atoms with Crippen LogP contribution in [0.3, 0.4) is 0 Å². The van der Waals surface area contributed by atoms with E-state index in [1.807, 2.05) is 0 Å². The maximum absolute atomic E-state index is 13.5. The molecule has 0 aliphatic carbocycles. The van der Waals surface area contributed by atoms with Gasteiger partial charge in [-0.3, -0.25) is 9.78 Å². The number of pyridine rings is 1. The van der Waals surface area contributed by atoms with E-state index in [2.05, 4.69) is 10.3 Å². The van der Waals surface area contributed by atoms with Gasteiger partial charge in [0.05, 0.1) is 40.3 Å². The van der Waals surface area contributed by atoms with Crippen LogP contribution in [0.4, 0.5) is 20.2 Å². The predicted molar refractivity (Wildman–Crippen MR) is 123 cm³/mol. The molecule has 1 fully saturated rings. The van der Waals surface area contributed by atoms with Gasteiger partial charge in [-0.05, 0) is 36.4 Å². The molecule has 1 aliphatic rings. The normalized spacial score (nSPS) is 15.6. The van der Waals surface area contributed by atoms with Crippen LogP contribution >= 0.6 is 11.6 Å². The SMILES string of the molecule is Cn1cc(C(=O)Nc2cc(Cl)cc(S(C)(=O)=O)c2)cc1-c1ccc(N2CCC(F)(F)C2)cn1. The number of nitrogens with zero attached hydrogens (tertiary/aromatic N) is 3. The van der Waals surface area contributed by atoms with Crippen molar-refractivity contribution in [2.24, 2.45) is 7.05 Å². The van der Waals surface area contributed by atoms with Crippen molar-refractivity contribution in [2.75, 3.05) is 29.6 Å². The van der Waals surface area contributed by atoms with E-state index in [1.54, 1.807) is 47.1 Å². The fourth-order valence-corrected chi connectivity index (χ4v) is 4.66. The van der Waals surface area contributed by atoms with Gasteiger partial charge in [0.15, 0.2) is 9.84 Å². The topological polar surface area (TPSA) is 84.3 Å². The van der Waals surface area contributed by atoms with Crippen molar-refractivity contribution in [1.29, 1.82) is 0 Å². The summed E-state index contributed by atoms with van der Waals surface area (Å²) in [5.41, 5.74) is 2.43. The Kier molecular flexibility index (Phi) is 5.92. The van der Waals surface area contributed by atoms with Crippen LogP contribution in [0, 0.1) is 0 Å². The highest BCUT2D eigenvalue weighted by molar-refractivity contribution is 7.90. The molecule has 0 unspecified atom stereocenters. The van der Waals surface area contributed by atoms with E-state index in [0.717, 1.165) is 6.26 Å². The molecule has 0 atom stereocenters. The highest BCUT2D eigenvalue weighted by Crippen LogP contribution is 2.31. The van der Waals surface area contributed by atoms with Gasteiger partial charge in [0.1, 0.15) is 0 Å². The monoisotopic (exact) mass is 494 g/mol. The molecule has 11 heteroatoms. The summed E-state index contributed by atoms with van der Waals surface area (Å²) in [6, 6.07) is 9.20. The third-order valence-electron chi connectivity index (χ3n) is 5.37. The summed E-state index contributed by atoms with van der Waals surface area (Å²) in [6.07, 6.45) is 4.04. The molecule has 1 N–H and O–H groups in total. The van der Waals surface area contributed by atoms with Gasteiger partial charge in [-0.2, -0.15) is 0 Å². The standard InChI is InChI=1S/C22H21ClF2N4O3S/c1-28-12-14(21(30)27-16-8-15(23)9-18(10-16)33(2,31)32)7-20(28)19-4-3-17(11-26-19)29-6-5-22(24,25)13-29/h3-4,7-12H,5-6,13H2,1-2H3,(H,27,30). The average Bonchev–Trinajstić information content (AvgIpc) is 3.29. The van der Waals surface area contributed by atoms with Crippen molar-refractivity contribution < 1.29 is 22.0 Å². The number of alkyl halides is 2. The van der Waals surface area contributed by atoms with E-state index >= 15 is 0 Å². The molecule has 0 bridgehead atoms. The summed E-state index contributed by atoms with van der Waals surface area (Å²) >= 11 is 6.00. The number of aryl methyl sites for hydroxylation is 1. The zero-order chi connectivity index (χ0) is 24.0. The third kappa shape index (κ3) is 5.17. The number of aromatic nitrogens is 2. The molecule has 3 heterocycles. The average molecular weight is 495 g/mol. The highest BCUT2D eigenvalue weighted by atomic mass is 35.5. The highest BCUT2D eigenvalue weighted by Gasteiger charge is 2.38. The van der Waals surface area contributed by atoms with Crippen LogP contribution < -0.4 is 10.2 Å². The molecular weight excluding hydrogens is 474 g/mol. The summed E-state index contributed by atoms with van der Waals surface area (Å²) in [6.45, 7) is -0.0555. The Morgan fingerprint density at radius 1 is 1.21 bits per heavy atom. The smallest absolute Gasteiger partial charge is 0.266 e. The number of halogens is 3. The van der Waals surface area contributed by atoms with E-state index in [1.165, 1.54) is 18.2 Å². The number of hydrogen-bond donors (Lipinski definition) is 1. The van der Waals surface area contributed by atoms with E-state index in [4.69, 9.17) is 11.6 Å². The molecule has 0 spiro atoms. The van der Waals surface area contributed by atoms with Crippen molar-refractivity contribution in [1.82, 2.24) is 9.55 Å². The Hall–Kier alpha value is -2.98. The van der Waals surface area contributed by atoms with Crippen LogP contribution in [0.1, 0.15) is 16.8 Å². The Morgan fingerprint density at radius 2 is 1.97 bits per heavy atom. The number of anilines is 2. The van der Waals surface area contributed by atoms with Crippen LogP contribution in [0.15, 0.2) is 53.7 Å². The number of sulfone groups is 1. The van der Waals surface area contributed by atoms with Crippen LogP contribution in [0.25, 0.3) is 11.4 Å². The van der Waals surface area contributed by atoms with Gasteiger partial charge in [0.25, 0.3) is 11.8 Å². The van der Waals surface area contributed by atoms with E-state index < -0.39 is 21.7 Å².